The van der Waals surface area contributed by atoms with Gasteiger partial charge in [-0.05, 0) is 44.4 Å². The van der Waals surface area contributed by atoms with E-state index in [-0.39, 0.29) is 0 Å². The standard InChI is InChI=1S/C25H31N9O2/c1-6-24(35)28-19-15-20(22(36-5)16-21(19)33(4)14-13-32(2)3)30-25-27-10-9-17(29-25)18-7-8-23-26-11-12-34(23)31-18/h6-12,15-16,24,28,35H,1,13-14H2,2-5H3,(H,27,29,30). The molecule has 3 heterocycles. The lowest BCUT2D eigenvalue weighted by Crippen LogP contribution is -2.29. The molecule has 4 aromatic rings. The normalized spacial score (nSPS) is 11.9. The van der Waals surface area contributed by atoms with Crippen molar-refractivity contribution in [3.05, 3.63) is 61.6 Å². The molecule has 0 aliphatic carbocycles. The van der Waals surface area contributed by atoms with Crippen LogP contribution in [0.25, 0.3) is 17.0 Å². The number of fused-ring (bicyclic) bond motifs is 1. The van der Waals surface area contributed by atoms with Crippen molar-refractivity contribution < 1.29 is 9.84 Å². The number of aliphatic hydroxyl groups is 1. The highest BCUT2D eigenvalue weighted by molar-refractivity contribution is 5.81. The highest BCUT2D eigenvalue weighted by Gasteiger charge is 2.17. The van der Waals surface area contributed by atoms with Crippen LogP contribution < -0.4 is 20.3 Å². The van der Waals surface area contributed by atoms with Crippen LogP contribution in [0.4, 0.5) is 23.0 Å². The van der Waals surface area contributed by atoms with Crippen LogP contribution in [0, 0.1) is 0 Å². The Kier molecular flexibility index (Phi) is 7.62. The zero-order chi connectivity index (χ0) is 25.7. The monoisotopic (exact) mass is 489 g/mol. The van der Waals surface area contributed by atoms with Crippen molar-refractivity contribution in [1.82, 2.24) is 29.5 Å². The first-order chi connectivity index (χ1) is 17.4. The highest BCUT2D eigenvalue weighted by atomic mass is 16.5. The van der Waals surface area contributed by atoms with Crippen LogP contribution >= 0.6 is 0 Å². The van der Waals surface area contributed by atoms with E-state index < -0.39 is 6.23 Å². The molecule has 11 heteroatoms. The lowest BCUT2D eigenvalue weighted by molar-refractivity contribution is 0.253. The predicted molar refractivity (Wildman–Crippen MR) is 142 cm³/mol. The number of aliphatic hydroxyl groups excluding tert-OH is 1. The molecule has 0 radical (unpaired) electrons. The summed E-state index contributed by atoms with van der Waals surface area (Å²) >= 11 is 0. The Morgan fingerprint density at radius 2 is 1.92 bits per heavy atom. The van der Waals surface area contributed by atoms with Crippen LogP contribution in [-0.4, -0.2) is 82.1 Å². The van der Waals surface area contributed by atoms with E-state index in [4.69, 9.17) is 4.74 Å². The number of nitrogens with one attached hydrogen (secondary N) is 2. The number of aromatic nitrogens is 5. The maximum atomic E-state index is 10.2. The Balaban J connectivity index is 1.67. The van der Waals surface area contributed by atoms with Gasteiger partial charge < -0.3 is 30.3 Å². The molecular weight excluding hydrogens is 458 g/mol. The van der Waals surface area contributed by atoms with Gasteiger partial charge in [-0.1, -0.05) is 6.58 Å². The topological polar surface area (TPSA) is 116 Å². The van der Waals surface area contributed by atoms with Crippen molar-refractivity contribution in [1.29, 1.82) is 0 Å². The molecule has 4 rings (SSSR count). The molecule has 188 valence electrons. The zero-order valence-electron chi connectivity index (χ0n) is 20.9. The summed E-state index contributed by atoms with van der Waals surface area (Å²) in [6, 6.07) is 9.32. The van der Waals surface area contributed by atoms with Gasteiger partial charge in [0.15, 0.2) is 5.65 Å². The summed E-state index contributed by atoms with van der Waals surface area (Å²) in [5.41, 5.74) is 4.31. The third-order valence-electron chi connectivity index (χ3n) is 5.56. The Morgan fingerprint density at radius 3 is 2.67 bits per heavy atom. The summed E-state index contributed by atoms with van der Waals surface area (Å²) in [6.45, 7) is 5.31. The first-order valence-corrected chi connectivity index (χ1v) is 11.4. The SMILES string of the molecule is C=CC(O)Nc1cc(Nc2nccc(-c3ccc4nccn4n3)n2)c(OC)cc1N(C)CCN(C)C. The number of nitrogens with zero attached hydrogens (tertiary/aromatic N) is 7. The maximum Gasteiger partial charge on any atom is 0.227 e. The quantitative estimate of drug-likeness (QED) is 0.214. The molecule has 36 heavy (non-hydrogen) atoms. The summed E-state index contributed by atoms with van der Waals surface area (Å²) in [6.07, 6.45) is 5.66. The van der Waals surface area contributed by atoms with Crippen LogP contribution in [0.3, 0.4) is 0 Å². The lowest BCUT2D eigenvalue weighted by atomic mass is 10.2. The molecule has 1 unspecified atom stereocenters. The van der Waals surface area contributed by atoms with Crippen LogP contribution in [0.1, 0.15) is 0 Å². The summed E-state index contributed by atoms with van der Waals surface area (Å²) in [5.74, 6) is 0.981. The molecule has 0 spiro atoms. The summed E-state index contributed by atoms with van der Waals surface area (Å²) in [7, 11) is 7.66. The summed E-state index contributed by atoms with van der Waals surface area (Å²) in [5, 5.41) is 21.1. The van der Waals surface area contributed by atoms with Gasteiger partial charge in [-0.3, -0.25) is 0 Å². The van der Waals surface area contributed by atoms with E-state index in [9.17, 15) is 5.11 Å². The average Bonchev–Trinajstić information content (AvgIpc) is 3.35. The highest BCUT2D eigenvalue weighted by Crippen LogP contribution is 2.38. The number of likely N-dealkylation sites (N-methyl/N-ethyl adjacent to an activating group) is 2. The zero-order valence-corrected chi connectivity index (χ0v) is 20.9. The molecule has 0 saturated heterocycles. The van der Waals surface area contributed by atoms with Gasteiger partial charge in [-0.15, -0.1) is 0 Å². The van der Waals surface area contributed by atoms with Gasteiger partial charge in [-0.2, -0.15) is 5.10 Å². The van der Waals surface area contributed by atoms with E-state index in [0.717, 1.165) is 24.4 Å². The van der Waals surface area contributed by atoms with E-state index >= 15 is 0 Å². The number of anilines is 4. The molecule has 0 aliphatic rings. The smallest absolute Gasteiger partial charge is 0.227 e. The second-order valence-corrected chi connectivity index (χ2v) is 8.46. The van der Waals surface area contributed by atoms with Crippen LogP contribution in [0.2, 0.25) is 0 Å². The predicted octanol–water partition coefficient (Wildman–Crippen LogP) is 2.85. The largest absolute Gasteiger partial charge is 0.494 e. The van der Waals surface area contributed by atoms with Gasteiger partial charge in [0.05, 0.1) is 29.9 Å². The number of hydrogen-bond donors (Lipinski definition) is 3. The minimum Gasteiger partial charge on any atom is -0.494 e. The van der Waals surface area contributed by atoms with E-state index in [1.807, 2.05) is 45.4 Å². The van der Waals surface area contributed by atoms with Gasteiger partial charge >= 0.3 is 0 Å². The van der Waals surface area contributed by atoms with Crippen LogP contribution in [0.15, 0.2) is 61.6 Å². The van der Waals surface area contributed by atoms with E-state index in [1.54, 1.807) is 36.3 Å². The molecular formula is C25H31N9O2. The van der Waals surface area contributed by atoms with Crippen molar-refractivity contribution in [2.24, 2.45) is 0 Å². The molecule has 0 aliphatic heterocycles. The van der Waals surface area contributed by atoms with Crippen molar-refractivity contribution in [2.75, 3.05) is 56.9 Å². The van der Waals surface area contributed by atoms with E-state index in [0.29, 0.717) is 34.5 Å². The fourth-order valence-electron chi connectivity index (χ4n) is 3.59. The van der Waals surface area contributed by atoms with Crippen LogP contribution in [-0.2, 0) is 0 Å². The van der Waals surface area contributed by atoms with E-state index in [2.05, 4.69) is 47.1 Å². The number of ether oxygens (including phenoxy) is 1. The molecule has 0 bridgehead atoms. The fraction of sp³-hybridized carbons (Fsp3) is 0.280. The second-order valence-electron chi connectivity index (χ2n) is 8.46. The average molecular weight is 490 g/mol. The number of rotatable bonds is 11. The van der Waals surface area contributed by atoms with Crippen molar-refractivity contribution in [3.63, 3.8) is 0 Å². The number of methoxy groups -OCH3 is 1. The molecule has 3 aromatic heterocycles. The van der Waals surface area contributed by atoms with Gasteiger partial charge in [-0.25, -0.2) is 19.5 Å². The van der Waals surface area contributed by atoms with E-state index in [1.165, 1.54) is 6.08 Å². The second kappa shape index (κ2) is 11.0. The fourth-order valence-corrected chi connectivity index (χ4v) is 3.59. The first kappa shape index (κ1) is 24.9. The number of hydrogen-bond acceptors (Lipinski definition) is 10. The minimum atomic E-state index is -0.920. The number of benzene rings is 1. The Hall–Kier alpha value is -4.22. The van der Waals surface area contributed by atoms with Crippen molar-refractivity contribution in [2.45, 2.75) is 6.23 Å². The molecule has 1 atom stereocenters. The molecule has 1 aromatic carbocycles. The molecule has 0 fully saturated rings. The van der Waals surface area contributed by atoms with Crippen LogP contribution in [0.5, 0.6) is 5.75 Å². The number of imidazole rings is 1. The van der Waals surface area contributed by atoms with Gasteiger partial charge in [0.1, 0.15) is 17.7 Å². The van der Waals surface area contributed by atoms with Gasteiger partial charge in [0.2, 0.25) is 5.95 Å². The maximum absolute atomic E-state index is 10.2. The molecule has 0 saturated carbocycles. The van der Waals surface area contributed by atoms with Gasteiger partial charge in [0.25, 0.3) is 0 Å². The van der Waals surface area contributed by atoms with Crippen molar-refractivity contribution >= 4 is 28.7 Å². The molecule has 3 N–H and O–H groups in total. The molecule has 11 nitrogen and oxygen atoms in total. The first-order valence-electron chi connectivity index (χ1n) is 11.4. The Labute approximate surface area is 210 Å². The summed E-state index contributed by atoms with van der Waals surface area (Å²) < 4.78 is 7.38. The molecule has 0 amide bonds. The Bertz CT molecular complexity index is 1340. The third kappa shape index (κ3) is 5.70. The van der Waals surface area contributed by atoms with Crippen molar-refractivity contribution in [3.8, 4) is 17.1 Å². The van der Waals surface area contributed by atoms with Gasteiger partial charge in [0, 0.05) is 44.8 Å². The Morgan fingerprint density at radius 1 is 1.08 bits per heavy atom. The lowest BCUT2D eigenvalue weighted by Gasteiger charge is -2.27. The minimum absolute atomic E-state index is 0.377. The third-order valence-corrected chi connectivity index (χ3v) is 5.56. The summed E-state index contributed by atoms with van der Waals surface area (Å²) in [4.78, 5) is 17.4.